The minimum absolute atomic E-state index is 0.511. The fourth-order valence-corrected chi connectivity index (χ4v) is 2.57. The van der Waals surface area contributed by atoms with Crippen molar-refractivity contribution in [2.24, 2.45) is 5.92 Å². The van der Waals surface area contributed by atoms with E-state index in [1.54, 1.807) is 19.1 Å². The monoisotopic (exact) mass is 278 g/mol. The fourth-order valence-electron chi connectivity index (χ4n) is 1.44. The second-order valence-electron chi connectivity index (χ2n) is 4.01. The Balaban J connectivity index is 2.77. The van der Waals surface area contributed by atoms with Crippen molar-refractivity contribution in [3.8, 4) is 0 Å². The standard InChI is InChI=1S/C12H13F3O2S/c1-7-3-4-10(8(2)5-7)18-6-9(11(16)17)12(13,14)15/h3-5,9H,6H2,1-2H3,(H,16,17). The van der Waals surface area contributed by atoms with Crippen molar-refractivity contribution in [2.75, 3.05) is 5.75 Å². The number of carboxylic acids is 1. The van der Waals surface area contributed by atoms with Gasteiger partial charge in [0.1, 0.15) is 0 Å². The van der Waals surface area contributed by atoms with E-state index in [9.17, 15) is 18.0 Å². The largest absolute Gasteiger partial charge is 0.481 e. The van der Waals surface area contributed by atoms with Gasteiger partial charge < -0.3 is 5.11 Å². The highest BCUT2D eigenvalue weighted by Crippen LogP contribution is 2.33. The molecule has 0 bridgehead atoms. The van der Waals surface area contributed by atoms with Gasteiger partial charge in [-0.3, -0.25) is 4.79 Å². The van der Waals surface area contributed by atoms with Crippen molar-refractivity contribution in [1.82, 2.24) is 0 Å². The quantitative estimate of drug-likeness (QED) is 0.854. The van der Waals surface area contributed by atoms with Crippen LogP contribution in [-0.4, -0.2) is 23.0 Å². The average molecular weight is 278 g/mol. The minimum Gasteiger partial charge on any atom is -0.481 e. The van der Waals surface area contributed by atoms with Gasteiger partial charge in [-0.2, -0.15) is 13.2 Å². The Morgan fingerprint density at radius 2 is 2.00 bits per heavy atom. The summed E-state index contributed by atoms with van der Waals surface area (Å²) in [4.78, 5) is 11.3. The van der Waals surface area contributed by atoms with Gasteiger partial charge in [0.2, 0.25) is 0 Å². The summed E-state index contributed by atoms with van der Waals surface area (Å²) in [7, 11) is 0. The van der Waals surface area contributed by atoms with E-state index in [2.05, 4.69) is 0 Å². The first-order valence-corrected chi connectivity index (χ1v) is 6.20. The fraction of sp³-hybridized carbons (Fsp3) is 0.417. The molecule has 0 aliphatic rings. The van der Waals surface area contributed by atoms with Crippen LogP contribution in [0.1, 0.15) is 11.1 Å². The number of aryl methyl sites for hydroxylation is 2. The van der Waals surface area contributed by atoms with E-state index < -0.39 is 23.8 Å². The van der Waals surface area contributed by atoms with E-state index in [1.807, 2.05) is 13.0 Å². The molecule has 0 spiro atoms. The minimum atomic E-state index is -4.71. The molecular formula is C12H13F3O2S. The highest BCUT2D eigenvalue weighted by molar-refractivity contribution is 7.99. The smallest absolute Gasteiger partial charge is 0.403 e. The first-order valence-electron chi connectivity index (χ1n) is 5.21. The first kappa shape index (κ1) is 14.9. The lowest BCUT2D eigenvalue weighted by Gasteiger charge is -2.16. The van der Waals surface area contributed by atoms with Gasteiger partial charge in [-0.25, -0.2) is 0 Å². The normalized spacial score (nSPS) is 13.4. The third-order valence-corrected chi connectivity index (χ3v) is 3.70. The number of halogens is 3. The molecule has 1 rings (SSSR count). The Hall–Kier alpha value is -1.17. The second-order valence-corrected chi connectivity index (χ2v) is 5.07. The average Bonchev–Trinajstić information content (AvgIpc) is 2.18. The van der Waals surface area contributed by atoms with Crippen molar-refractivity contribution >= 4 is 17.7 Å². The summed E-state index contributed by atoms with van der Waals surface area (Å²) in [6.45, 7) is 3.68. The number of hydrogen-bond acceptors (Lipinski definition) is 2. The number of alkyl halides is 3. The zero-order valence-corrected chi connectivity index (χ0v) is 10.7. The summed E-state index contributed by atoms with van der Waals surface area (Å²) in [6, 6.07) is 5.36. The van der Waals surface area contributed by atoms with Crippen LogP contribution in [0.3, 0.4) is 0 Å². The maximum Gasteiger partial charge on any atom is 0.403 e. The molecule has 1 aromatic rings. The highest BCUT2D eigenvalue weighted by Gasteiger charge is 2.44. The Morgan fingerprint density at radius 3 is 2.44 bits per heavy atom. The Labute approximate surface area is 107 Å². The van der Waals surface area contributed by atoms with Crippen LogP contribution >= 0.6 is 11.8 Å². The molecule has 0 fully saturated rings. The van der Waals surface area contributed by atoms with E-state index in [1.165, 1.54) is 0 Å². The Morgan fingerprint density at radius 1 is 1.39 bits per heavy atom. The molecule has 0 aliphatic heterocycles. The maximum atomic E-state index is 12.4. The van der Waals surface area contributed by atoms with E-state index in [-0.39, 0.29) is 0 Å². The summed E-state index contributed by atoms with van der Waals surface area (Å²) < 4.78 is 37.3. The second kappa shape index (κ2) is 5.65. The van der Waals surface area contributed by atoms with Crippen LogP contribution in [0.2, 0.25) is 0 Å². The maximum absolute atomic E-state index is 12.4. The van der Waals surface area contributed by atoms with Crippen LogP contribution in [0.15, 0.2) is 23.1 Å². The topological polar surface area (TPSA) is 37.3 Å². The van der Waals surface area contributed by atoms with Crippen LogP contribution < -0.4 is 0 Å². The third-order valence-electron chi connectivity index (χ3n) is 2.43. The number of thioether (sulfide) groups is 1. The molecule has 6 heteroatoms. The van der Waals surface area contributed by atoms with Gasteiger partial charge in [0.05, 0.1) is 0 Å². The predicted octanol–water partition coefficient (Wildman–Crippen LogP) is 3.66. The number of benzene rings is 1. The molecule has 1 N–H and O–H groups in total. The van der Waals surface area contributed by atoms with E-state index in [0.717, 1.165) is 22.9 Å². The molecule has 100 valence electrons. The van der Waals surface area contributed by atoms with Crippen LogP contribution in [0.25, 0.3) is 0 Å². The van der Waals surface area contributed by atoms with Crippen molar-refractivity contribution in [3.63, 3.8) is 0 Å². The summed E-state index contributed by atoms with van der Waals surface area (Å²) in [5, 5.41) is 8.57. The Bertz CT molecular complexity index is 443. The first-order chi connectivity index (χ1) is 8.21. The zero-order valence-electron chi connectivity index (χ0n) is 9.91. The van der Waals surface area contributed by atoms with Gasteiger partial charge in [-0.05, 0) is 25.5 Å². The van der Waals surface area contributed by atoms with Gasteiger partial charge in [-0.15, -0.1) is 11.8 Å². The molecule has 0 saturated carbocycles. The summed E-state index contributed by atoms with van der Waals surface area (Å²) >= 11 is 0.918. The summed E-state index contributed by atoms with van der Waals surface area (Å²) in [6.07, 6.45) is -4.71. The van der Waals surface area contributed by atoms with Crippen LogP contribution in [0.5, 0.6) is 0 Å². The highest BCUT2D eigenvalue weighted by atomic mass is 32.2. The van der Waals surface area contributed by atoms with Crippen molar-refractivity contribution in [1.29, 1.82) is 0 Å². The number of carbonyl (C=O) groups is 1. The van der Waals surface area contributed by atoms with Crippen molar-refractivity contribution in [3.05, 3.63) is 29.3 Å². The van der Waals surface area contributed by atoms with Gasteiger partial charge >= 0.3 is 12.1 Å². The SMILES string of the molecule is Cc1ccc(SCC(C(=O)O)C(F)(F)F)c(C)c1. The van der Waals surface area contributed by atoms with Gasteiger partial charge in [-0.1, -0.05) is 17.7 Å². The number of aliphatic carboxylic acids is 1. The van der Waals surface area contributed by atoms with Crippen molar-refractivity contribution < 1.29 is 23.1 Å². The molecule has 0 amide bonds. The number of rotatable bonds is 4. The van der Waals surface area contributed by atoms with Crippen molar-refractivity contribution in [2.45, 2.75) is 24.9 Å². The number of hydrogen-bond donors (Lipinski definition) is 1. The van der Waals surface area contributed by atoms with Gasteiger partial charge in [0, 0.05) is 10.6 Å². The Kier molecular flexibility index (Phi) is 4.67. The molecule has 0 saturated heterocycles. The molecular weight excluding hydrogens is 265 g/mol. The third kappa shape index (κ3) is 3.94. The molecule has 0 aliphatic carbocycles. The number of carboxylic acid groups (broad SMARTS) is 1. The van der Waals surface area contributed by atoms with E-state index >= 15 is 0 Å². The molecule has 1 unspecified atom stereocenters. The van der Waals surface area contributed by atoms with E-state index in [0.29, 0.717) is 4.90 Å². The molecule has 18 heavy (non-hydrogen) atoms. The lowest BCUT2D eigenvalue weighted by Crippen LogP contribution is -2.32. The van der Waals surface area contributed by atoms with Gasteiger partial charge in [0.25, 0.3) is 0 Å². The van der Waals surface area contributed by atoms with Gasteiger partial charge in [0.15, 0.2) is 5.92 Å². The van der Waals surface area contributed by atoms with Crippen LogP contribution in [0, 0.1) is 19.8 Å². The van der Waals surface area contributed by atoms with Crippen LogP contribution in [0.4, 0.5) is 13.2 Å². The lowest BCUT2D eigenvalue weighted by atomic mass is 10.2. The zero-order chi connectivity index (χ0) is 13.9. The molecule has 1 atom stereocenters. The molecule has 0 heterocycles. The molecule has 0 radical (unpaired) electrons. The summed E-state index contributed by atoms with van der Waals surface area (Å²) in [5.74, 6) is -4.68. The lowest BCUT2D eigenvalue weighted by molar-refractivity contribution is -0.188. The predicted molar refractivity (Wildman–Crippen MR) is 63.8 cm³/mol. The molecule has 1 aromatic carbocycles. The van der Waals surface area contributed by atoms with Crippen LogP contribution in [-0.2, 0) is 4.79 Å². The van der Waals surface area contributed by atoms with E-state index in [4.69, 9.17) is 5.11 Å². The molecule has 0 aromatic heterocycles. The summed E-state index contributed by atoms with van der Waals surface area (Å²) in [5.41, 5.74) is 1.87. The molecule has 2 nitrogen and oxygen atoms in total.